The fraction of sp³-hybridized carbons (Fsp3) is 0.370. The highest BCUT2D eigenvalue weighted by molar-refractivity contribution is 7.14. The molecule has 2 aliphatic carbocycles. The number of aromatic nitrogens is 1. The van der Waals surface area contributed by atoms with Crippen molar-refractivity contribution in [2.24, 2.45) is 5.92 Å². The van der Waals surface area contributed by atoms with E-state index < -0.39 is 5.92 Å². The third kappa shape index (κ3) is 4.62. The Kier molecular flexibility index (Phi) is 6.47. The number of anilines is 1. The number of imide groups is 1. The standard InChI is InChI=1S/C27H28N4O3S/c1-30-22-10-6-9-20(24(22)25(33)31(2)27(30)34)15-23(32)29-26-28-21(16-35-26)19-13-11-18(12-14-19)17-7-4-3-5-8-17/h6,9-14,16-17,24H,3-5,7-8,15H2,1-2H3/p+1. The fourth-order valence-electron chi connectivity index (χ4n) is 5.20. The molecule has 4 amide bonds. The van der Waals surface area contributed by atoms with Crippen molar-refractivity contribution in [3.05, 3.63) is 59.0 Å². The van der Waals surface area contributed by atoms with Crippen LogP contribution in [0, 0.1) is 5.92 Å². The van der Waals surface area contributed by atoms with Crippen LogP contribution in [0.3, 0.4) is 0 Å². The molecule has 2 aromatic rings. The second kappa shape index (κ2) is 9.70. The van der Waals surface area contributed by atoms with Crippen molar-refractivity contribution in [1.29, 1.82) is 0 Å². The summed E-state index contributed by atoms with van der Waals surface area (Å²) in [5.41, 5.74) is 4.52. The monoisotopic (exact) mass is 489 g/mol. The Morgan fingerprint density at radius 3 is 2.66 bits per heavy atom. The molecule has 3 aliphatic rings. The van der Waals surface area contributed by atoms with Crippen LogP contribution < -0.4 is 5.32 Å². The quantitative estimate of drug-likeness (QED) is 0.601. The van der Waals surface area contributed by atoms with Gasteiger partial charge in [-0.25, -0.2) is 9.78 Å². The molecule has 180 valence electrons. The van der Waals surface area contributed by atoms with Gasteiger partial charge in [-0.1, -0.05) is 55.7 Å². The van der Waals surface area contributed by atoms with Crippen molar-refractivity contribution in [1.82, 2.24) is 9.88 Å². The molecule has 1 aromatic carbocycles. The van der Waals surface area contributed by atoms with Crippen LogP contribution in [0.1, 0.15) is 50.0 Å². The zero-order valence-electron chi connectivity index (χ0n) is 20.0. The lowest BCUT2D eigenvalue weighted by molar-refractivity contribution is -0.405. The van der Waals surface area contributed by atoms with E-state index in [1.165, 1.54) is 60.6 Å². The molecule has 0 radical (unpaired) electrons. The first-order chi connectivity index (χ1) is 16.9. The topological polar surface area (TPSA) is 82.4 Å². The highest BCUT2D eigenvalue weighted by atomic mass is 32.1. The fourth-order valence-corrected chi connectivity index (χ4v) is 5.94. The number of thiazole rings is 1. The second-order valence-electron chi connectivity index (χ2n) is 9.42. The number of nitrogens with zero attached hydrogens (tertiary/aromatic N) is 3. The van der Waals surface area contributed by atoms with Gasteiger partial charge in [0.05, 0.1) is 19.8 Å². The molecule has 0 spiro atoms. The maximum atomic E-state index is 12.8. The van der Waals surface area contributed by atoms with Crippen molar-refractivity contribution in [2.45, 2.75) is 44.4 Å². The van der Waals surface area contributed by atoms with Gasteiger partial charge in [-0.15, -0.1) is 11.3 Å². The number of urea groups is 1. The molecule has 1 unspecified atom stereocenters. The van der Waals surface area contributed by atoms with Crippen LogP contribution in [0.2, 0.25) is 0 Å². The molecule has 5 rings (SSSR count). The molecular weight excluding hydrogens is 460 g/mol. The molecule has 0 bridgehead atoms. The van der Waals surface area contributed by atoms with Gasteiger partial charge in [0, 0.05) is 17.4 Å². The summed E-state index contributed by atoms with van der Waals surface area (Å²) >= 11 is 1.38. The molecule has 7 nitrogen and oxygen atoms in total. The van der Waals surface area contributed by atoms with E-state index >= 15 is 0 Å². The maximum absolute atomic E-state index is 12.8. The Balaban J connectivity index is 1.25. The van der Waals surface area contributed by atoms with Crippen molar-refractivity contribution < 1.29 is 19.0 Å². The molecule has 1 fully saturated rings. The first kappa shape index (κ1) is 23.4. The molecule has 1 atom stereocenters. The summed E-state index contributed by atoms with van der Waals surface area (Å²) in [6, 6.07) is 8.27. The lowest BCUT2D eigenvalue weighted by Gasteiger charge is -2.27. The van der Waals surface area contributed by atoms with E-state index in [1.54, 1.807) is 25.3 Å². The number of allylic oxidation sites excluding steroid dienone is 3. The van der Waals surface area contributed by atoms with E-state index in [4.69, 9.17) is 0 Å². The third-order valence-corrected chi connectivity index (χ3v) is 7.94. The zero-order valence-corrected chi connectivity index (χ0v) is 20.8. The van der Waals surface area contributed by atoms with Crippen LogP contribution in [-0.4, -0.2) is 52.1 Å². The zero-order chi connectivity index (χ0) is 24.5. The molecule has 1 N–H and O–H groups in total. The molecular formula is C27H29N4O3S+. The van der Waals surface area contributed by atoms with Gasteiger partial charge in [-0.3, -0.25) is 4.79 Å². The summed E-state index contributed by atoms with van der Waals surface area (Å²) in [5, 5.41) is 5.34. The number of nitrogens with one attached hydrogen (secondary N) is 1. The van der Waals surface area contributed by atoms with Crippen LogP contribution in [0.25, 0.3) is 11.3 Å². The molecule has 0 saturated heterocycles. The summed E-state index contributed by atoms with van der Waals surface area (Å²) < 4.78 is 1.46. The Bertz CT molecular complexity index is 1270. The van der Waals surface area contributed by atoms with Crippen LogP contribution in [-0.2, 0) is 9.59 Å². The smallest absolute Gasteiger partial charge is 0.302 e. The SMILES string of the molecule is CN1C(=O)C2C(CC(=O)Nc3nc(-c4ccc(C5CCCCC5)cc4)cs3)=CC=CC2=[N+](C)C1=O. The summed E-state index contributed by atoms with van der Waals surface area (Å²) in [5.74, 6) is -0.527. The van der Waals surface area contributed by atoms with Gasteiger partial charge in [0.15, 0.2) is 5.13 Å². The second-order valence-corrected chi connectivity index (χ2v) is 10.3. The maximum Gasteiger partial charge on any atom is 0.500 e. The van der Waals surface area contributed by atoms with E-state index in [0.29, 0.717) is 22.3 Å². The highest BCUT2D eigenvalue weighted by Crippen LogP contribution is 2.34. The number of fused-ring (bicyclic) bond motifs is 1. The summed E-state index contributed by atoms with van der Waals surface area (Å²) in [7, 11) is 3.10. The first-order valence-electron chi connectivity index (χ1n) is 12.1. The molecule has 1 saturated carbocycles. The normalized spacial score (nSPS) is 20.7. The van der Waals surface area contributed by atoms with Gasteiger partial charge in [0.2, 0.25) is 5.91 Å². The van der Waals surface area contributed by atoms with E-state index in [2.05, 4.69) is 34.6 Å². The number of hydrogen-bond acceptors (Lipinski definition) is 5. The van der Waals surface area contributed by atoms with Crippen molar-refractivity contribution in [2.75, 3.05) is 19.4 Å². The minimum Gasteiger partial charge on any atom is -0.302 e. The number of carbonyl (C=O) groups is 3. The molecule has 2 heterocycles. The molecule has 1 aliphatic heterocycles. The van der Waals surface area contributed by atoms with Crippen LogP contribution in [0.5, 0.6) is 0 Å². The number of benzene rings is 1. The van der Waals surface area contributed by atoms with Crippen LogP contribution in [0.4, 0.5) is 9.93 Å². The number of amides is 4. The molecule has 1 aromatic heterocycles. The molecule has 8 heteroatoms. The number of carbonyl (C=O) groups excluding carboxylic acids is 3. The summed E-state index contributed by atoms with van der Waals surface area (Å²) in [4.78, 5) is 43.6. The van der Waals surface area contributed by atoms with E-state index in [9.17, 15) is 14.4 Å². The van der Waals surface area contributed by atoms with Gasteiger partial charge >= 0.3 is 11.9 Å². The Hall–Kier alpha value is -3.39. The average Bonchev–Trinajstić information content (AvgIpc) is 3.35. The van der Waals surface area contributed by atoms with Gasteiger partial charge in [0.1, 0.15) is 11.6 Å². The number of rotatable bonds is 5. The minimum atomic E-state index is -0.631. The van der Waals surface area contributed by atoms with E-state index in [1.807, 2.05) is 5.38 Å². The third-order valence-electron chi connectivity index (χ3n) is 7.18. The Morgan fingerprint density at radius 1 is 1.17 bits per heavy atom. The summed E-state index contributed by atoms with van der Waals surface area (Å²) in [6.07, 6.45) is 11.9. The van der Waals surface area contributed by atoms with Crippen molar-refractivity contribution in [3.8, 4) is 11.3 Å². The highest BCUT2D eigenvalue weighted by Gasteiger charge is 2.46. The van der Waals surface area contributed by atoms with Crippen LogP contribution in [0.15, 0.2) is 53.4 Å². The Morgan fingerprint density at radius 2 is 1.91 bits per heavy atom. The lowest BCUT2D eigenvalue weighted by atomic mass is 9.84. The van der Waals surface area contributed by atoms with Gasteiger partial charge in [-0.05, 0) is 36.0 Å². The minimum absolute atomic E-state index is 0.0467. The first-order valence-corrected chi connectivity index (χ1v) is 13.0. The largest absolute Gasteiger partial charge is 0.500 e. The van der Waals surface area contributed by atoms with Gasteiger partial charge in [0.25, 0.3) is 0 Å². The van der Waals surface area contributed by atoms with E-state index in [-0.39, 0.29) is 24.3 Å². The van der Waals surface area contributed by atoms with Crippen molar-refractivity contribution >= 4 is 40.0 Å². The number of hydrogen-bond donors (Lipinski definition) is 1. The predicted molar refractivity (Wildman–Crippen MR) is 137 cm³/mol. The summed E-state index contributed by atoms with van der Waals surface area (Å²) in [6.45, 7) is 0. The van der Waals surface area contributed by atoms with Gasteiger partial charge in [-0.2, -0.15) is 14.3 Å². The Labute approximate surface area is 208 Å². The van der Waals surface area contributed by atoms with Crippen LogP contribution >= 0.6 is 11.3 Å². The lowest BCUT2D eigenvalue weighted by Crippen LogP contribution is -2.52. The van der Waals surface area contributed by atoms with E-state index in [0.717, 1.165) is 16.2 Å². The van der Waals surface area contributed by atoms with Gasteiger partial charge < -0.3 is 5.32 Å². The predicted octanol–water partition coefficient (Wildman–Crippen LogP) is 4.97. The average molecular weight is 490 g/mol. The van der Waals surface area contributed by atoms with Crippen molar-refractivity contribution in [3.63, 3.8) is 0 Å². The molecule has 35 heavy (non-hydrogen) atoms.